The summed E-state index contributed by atoms with van der Waals surface area (Å²) in [5.74, 6) is 1.73. The van der Waals surface area contributed by atoms with E-state index in [1.165, 1.54) is 21.9 Å². The number of hydrogen-bond donors (Lipinski definition) is 0. The molecule has 7 nitrogen and oxygen atoms in total. The van der Waals surface area contributed by atoms with Gasteiger partial charge in [-0.3, -0.25) is 13.8 Å². The lowest BCUT2D eigenvalue weighted by atomic mass is 9.95. The molecule has 0 fully saturated rings. The molecule has 5 rings (SSSR count). The molecule has 0 atom stereocenters. The molecule has 144 valence electrons. The number of benzene rings is 1. The number of hydrogen-bond acceptors (Lipinski definition) is 6. The fourth-order valence-electron chi connectivity index (χ4n) is 3.92. The first-order valence-electron chi connectivity index (χ1n) is 9.55. The summed E-state index contributed by atoms with van der Waals surface area (Å²) in [6.45, 7) is 0. The highest BCUT2D eigenvalue weighted by Crippen LogP contribution is 2.29. The molecule has 0 saturated heterocycles. The summed E-state index contributed by atoms with van der Waals surface area (Å²) in [4.78, 5) is 17.4. The minimum absolute atomic E-state index is 0.0946. The summed E-state index contributed by atoms with van der Waals surface area (Å²) in [5.41, 5.74) is 3.61. The van der Waals surface area contributed by atoms with Crippen molar-refractivity contribution in [3.05, 3.63) is 63.3 Å². The molecule has 0 radical (unpaired) electrons. The molecule has 0 aliphatic heterocycles. The second-order valence-corrected chi connectivity index (χ2v) is 8.15. The second-order valence-electron chi connectivity index (χ2n) is 7.19. The molecule has 8 heteroatoms. The van der Waals surface area contributed by atoms with Gasteiger partial charge in [-0.15, -0.1) is 10.2 Å². The Morgan fingerprint density at radius 1 is 1.21 bits per heavy atom. The number of nitriles is 1. The maximum atomic E-state index is 12.6. The van der Waals surface area contributed by atoms with Crippen LogP contribution >= 0.6 is 11.8 Å². The van der Waals surface area contributed by atoms with E-state index in [1.54, 1.807) is 7.05 Å². The van der Waals surface area contributed by atoms with Crippen LogP contribution in [0.2, 0.25) is 0 Å². The van der Waals surface area contributed by atoms with Crippen LogP contribution in [0.5, 0.6) is 0 Å². The van der Waals surface area contributed by atoms with Crippen LogP contribution in [0.1, 0.15) is 35.5 Å². The number of para-hydroxylation sites is 1. The van der Waals surface area contributed by atoms with Crippen molar-refractivity contribution >= 4 is 28.4 Å². The monoisotopic (exact) mass is 402 g/mol. The molecule has 0 N–H and O–H groups in total. The Kier molecular flexibility index (Phi) is 4.32. The summed E-state index contributed by atoms with van der Waals surface area (Å²) in [6.07, 6.45) is 4.26. The van der Waals surface area contributed by atoms with Crippen molar-refractivity contribution < 1.29 is 0 Å². The zero-order valence-electron chi connectivity index (χ0n) is 15.9. The first kappa shape index (κ1) is 17.9. The quantitative estimate of drug-likeness (QED) is 0.490. The van der Waals surface area contributed by atoms with Crippen molar-refractivity contribution in [2.45, 2.75) is 36.5 Å². The maximum absolute atomic E-state index is 12.6. The van der Waals surface area contributed by atoms with Gasteiger partial charge in [0.1, 0.15) is 16.9 Å². The van der Waals surface area contributed by atoms with Crippen molar-refractivity contribution in [3.63, 3.8) is 0 Å². The highest BCUT2D eigenvalue weighted by Gasteiger charge is 2.18. The minimum atomic E-state index is -0.0946. The van der Waals surface area contributed by atoms with Crippen molar-refractivity contribution in [2.24, 2.45) is 7.05 Å². The fourth-order valence-corrected chi connectivity index (χ4v) is 4.81. The molecular weight excluding hydrogens is 384 g/mol. The second kappa shape index (κ2) is 7.01. The van der Waals surface area contributed by atoms with Gasteiger partial charge in [-0.2, -0.15) is 5.26 Å². The van der Waals surface area contributed by atoms with Gasteiger partial charge in [-0.1, -0.05) is 23.9 Å². The van der Waals surface area contributed by atoms with E-state index in [0.29, 0.717) is 22.5 Å². The number of pyridine rings is 1. The summed E-state index contributed by atoms with van der Waals surface area (Å²) in [6, 6.07) is 11.7. The van der Waals surface area contributed by atoms with Gasteiger partial charge in [-0.05, 0) is 49.4 Å². The molecule has 3 aromatic heterocycles. The third-order valence-corrected chi connectivity index (χ3v) is 6.40. The molecule has 0 unspecified atom stereocenters. The first-order chi connectivity index (χ1) is 14.2. The first-order valence-corrected chi connectivity index (χ1v) is 10.5. The lowest BCUT2D eigenvalue weighted by Gasteiger charge is -2.16. The van der Waals surface area contributed by atoms with Crippen molar-refractivity contribution in [2.75, 3.05) is 0 Å². The van der Waals surface area contributed by atoms with Gasteiger partial charge < -0.3 is 0 Å². The highest BCUT2D eigenvalue weighted by atomic mass is 32.2. The predicted octanol–water partition coefficient (Wildman–Crippen LogP) is 3.02. The number of aryl methyl sites for hydroxylation is 3. The van der Waals surface area contributed by atoms with E-state index in [-0.39, 0.29) is 5.56 Å². The summed E-state index contributed by atoms with van der Waals surface area (Å²) in [5, 5.41) is 19.5. The van der Waals surface area contributed by atoms with Crippen LogP contribution in [0.15, 0.2) is 40.2 Å². The van der Waals surface area contributed by atoms with Crippen molar-refractivity contribution in [3.8, 4) is 6.07 Å². The Morgan fingerprint density at radius 3 is 2.90 bits per heavy atom. The highest BCUT2D eigenvalue weighted by molar-refractivity contribution is 7.98. The fraction of sp³-hybridized carbons (Fsp3) is 0.286. The molecule has 4 aromatic rings. The Balaban J connectivity index is 1.57. The van der Waals surface area contributed by atoms with Gasteiger partial charge in [0.2, 0.25) is 5.78 Å². The Morgan fingerprint density at radius 2 is 2.03 bits per heavy atom. The molecule has 0 saturated carbocycles. The average Bonchev–Trinajstić information content (AvgIpc) is 3.19. The van der Waals surface area contributed by atoms with Gasteiger partial charge in [0, 0.05) is 12.7 Å². The standard InChI is InChI=1S/C21H18N6OS/c1-26-20(28)15-7-3-5-9-17(15)27-18(24-25-21(26)27)12-29-19-14(11-22)10-13-6-2-4-8-16(13)23-19/h3,5,7,9-10H,2,4,6,8,12H2,1H3. The van der Waals surface area contributed by atoms with Crippen molar-refractivity contribution in [1.29, 1.82) is 5.26 Å². The van der Waals surface area contributed by atoms with Crippen LogP contribution < -0.4 is 5.56 Å². The normalized spacial score (nSPS) is 13.5. The van der Waals surface area contributed by atoms with Gasteiger partial charge in [0.15, 0.2) is 0 Å². The zero-order valence-corrected chi connectivity index (χ0v) is 16.7. The Labute approximate surface area is 171 Å². The van der Waals surface area contributed by atoms with Crippen LogP contribution in [-0.4, -0.2) is 24.1 Å². The lowest BCUT2D eigenvalue weighted by molar-refractivity contribution is 0.660. The van der Waals surface area contributed by atoms with Gasteiger partial charge in [-0.25, -0.2) is 4.98 Å². The summed E-state index contributed by atoms with van der Waals surface area (Å²) in [7, 11) is 1.70. The SMILES string of the molecule is Cn1c(=O)c2ccccc2n2c(CSc3nc4c(cc3C#N)CCCC4)nnc12. The van der Waals surface area contributed by atoms with Crippen molar-refractivity contribution in [1.82, 2.24) is 24.1 Å². The third kappa shape index (κ3) is 2.89. The number of nitrogens with zero attached hydrogens (tertiary/aromatic N) is 6. The Hall–Kier alpha value is -3.18. The van der Waals surface area contributed by atoms with E-state index in [2.05, 4.69) is 16.3 Å². The van der Waals surface area contributed by atoms with E-state index < -0.39 is 0 Å². The van der Waals surface area contributed by atoms with Gasteiger partial charge >= 0.3 is 0 Å². The van der Waals surface area contributed by atoms with E-state index in [0.717, 1.165) is 47.7 Å². The van der Waals surface area contributed by atoms with Crippen LogP contribution in [0, 0.1) is 11.3 Å². The Bertz CT molecular complexity index is 1360. The summed E-state index contributed by atoms with van der Waals surface area (Å²) < 4.78 is 3.43. The van der Waals surface area contributed by atoms with Crippen LogP contribution in [0.3, 0.4) is 0 Å². The largest absolute Gasteiger partial charge is 0.279 e. The maximum Gasteiger partial charge on any atom is 0.262 e. The van der Waals surface area contributed by atoms with Gasteiger partial charge in [0.25, 0.3) is 5.56 Å². The smallest absolute Gasteiger partial charge is 0.262 e. The predicted molar refractivity (Wildman–Crippen MR) is 111 cm³/mol. The topological polar surface area (TPSA) is 88.9 Å². The molecule has 29 heavy (non-hydrogen) atoms. The number of aromatic nitrogens is 5. The van der Waals surface area contributed by atoms with Crippen LogP contribution in [-0.2, 0) is 25.6 Å². The third-order valence-electron chi connectivity index (χ3n) is 5.42. The zero-order chi connectivity index (χ0) is 20.0. The van der Waals surface area contributed by atoms with E-state index in [1.807, 2.05) is 34.7 Å². The molecular formula is C21H18N6OS. The summed E-state index contributed by atoms with van der Waals surface area (Å²) >= 11 is 1.49. The van der Waals surface area contributed by atoms with E-state index in [9.17, 15) is 10.1 Å². The molecule has 3 heterocycles. The van der Waals surface area contributed by atoms with E-state index >= 15 is 0 Å². The minimum Gasteiger partial charge on any atom is -0.279 e. The lowest BCUT2D eigenvalue weighted by Crippen LogP contribution is -2.20. The number of rotatable bonds is 3. The molecule has 0 amide bonds. The molecule has 0 bridgehead atoms. The number of thioether (sulfide) groups is 1. The van der Waals surface area contributed by atoms with Crippen LogP contribution in [0.25, 0.3) is 16.7 Å². The van der Waals surface area contributed by atoms with E-state index in [4.69, 9.17) is 4.98 Å². The van der Waals surface area contributed by atoms with Gasteiger partial charge in [0.05, 0.1) is 22.2 Å². The molecule has 1 aliphatic rings. The molecule has 1 aliphatic carbocycles. The average molecular weight is 402 g/mol. The number of fused-ring (bicyclic) bond motifs is 4. The van der Waals surface area contributed by atoms with Crippen LogP contribution in [0.4, 0.5) is 0 Å². The molecule has 1 aromatic carbocycles. The molecule has 0 spiro atoms.